The molecule has 0 heterocycles. The van der Waals surface area contributed by atoms with E-state index < -0.39 is 6.10 Å². The van der Waals surface area contributed by atoms with E-state index >= 15 is 0 Å². The Morgan fingerprint density at radius 2 is 1.63 bits per heavy atom. The van der Waals surface area contributed by atoms with Crippen LogP contribution in [0, 0.1) is 5.92 Å². The molecule has 0 bridgehead atoms. The Labute approximate surface area is 162 Å². The Bertz CT molecular complexity index is 745. The van der Waals surface area contributed by atoms with Crippen molar-refractivity contribution in [3.63, 3.8) is 0 Å². The maximum atomic E-state index is 12.5. The average molecular weight is 370 g/mol. The summed E-state index contributed by atoms with van der Waals surface area (Å²) in [7, 11) is 0. The van der Waals surface area contributed by atoms with Gasteiger partial charge in [-0.15, -0.1) is 0 Å². The molecule has 0 saturated carbocycles. The highest BCUT2D eigenvalue weighted by atomic mass is 16.5. The van der Waals surface area contributed by atoms with Crippen LogP contribution >= 0.6 is 0 Å². The van der Waals surface area contributed by atoms with Crippen molar-refractivity contribution in [1.29, 1.82) is 0 Å². The highest BCUT2D eigenvalue weighted by Crippen LogP contribution is 2.26. The van der Waals surface area contributed by atoms with Crippen molar-refractivity contribution in [2.24, 2.45) is 5.92 Å². The number of anilines is 1. The molecule has 4 nitrogen and oxygen atoms in total. The van der Waals surface area contributed by atoms with E-state index in [0.29, 0.717) is 29.7 Å². The molecular formula is C23H31NO3. The molecule has 0 fully saturated rings. The van der Waals surface area contributed by atoms with Crippen LogP contribution in [0.3, 0.4) is 0 Å². The Kier molecular flexibility index (Phi) is 6.89. The third kappa shape index (κ3) is 6.31. The number of hydrogen-bond acceptors (Lipinski definition) is 3. The largest absolute Gasteiger partial charge is 0.491 e. The van der Waals surface area contributed by atoms with Crippen molar-refractivity contribution in [3.05, 3.63) is 54.1 Å². The summed E-state index contributed by atoms with van der Waals surface area (Å²) in [6.45, 7) is 13.0. The lowest BCUT2D eigenvalue weighted by atomic mass is 9.87. The molecule has 1 N–H and O–H groups in total. The smallest absolute Gasteiger partial charge is 0.265 e. The van der Waals surface area contributed by atoms with E-state index in [2.05, 4.69) is 39.9 Å². The normalized spacial score (nSPS) is 12.6. The van der Waals surface area contributed by atoms with Crippen LogP contribution in [0.2, 0.25) is 0 Å². The fourth-order valence-corrected chi connectivity index (χ4v) is 2.48. The molecule has 2 aromatic carbocycles. The Morgan fingerprint density at radius 1 is 1.00 bits per heavy atom. The second-order valence-electron chi connectivity index (χ2n) is 8.22. The van der Waals surface area contributed by atoms with Gasteiger partial charge in [0.1, 0.15) is 11.5 Å². The molecule has 1 unspecified atom stereocenters. The first-order valence-corrected chi connectivity index (χ1v) is 9.46. The summed E-state index contributed by atoms with van der Waals surface area (Å²) in [5, 5.41) is 2.90. The number of carbonyl (C=O) groups excluding carboxylic acids is 1. The van der Waals surface area contributed by atoms with Gasteiger partial charge in [0, 0.05) is 0 Å². The van der Waals surface area contributed by atoms with Crippen molar-refractivity contribution in [1.82, 2.24) is 0 Å². The maximum Gasteiger partial charge on any atom is 0.265 e. The first kappa shape index (κ1) is 20.8. The molecule has 1 amide bonds. The number of carbonyl (C=O) groups is 1. The van der Waals surface area contributed by atoms with Gasteiger partial charge in [0.15, 0.2) is 6.10 Å². The lowest BCUT2D eigenvalue weighted by molar-refractivity contribution is -0.122. The van der Waals surface area contributed by atoms with Crippen molar-refractivity contribution < 1.29 is 14.3 Å². The van der Waals surface area contributed by atoms with Crippen LogP contribution in [-0.2, 0) is 10.2 Å². The minimum atomic E-state index is -0.622. The highest BCUT2D eigenvalue weighted by Gasteiger charge is 2.18. The standard InChI is InChI=1S/C23H31NO3/c1-16(2)15-26-21-10-8-7-9-20(21)24-22(25)17(3)27-19-13-11-18(12-14-19)23(4,5)6/h7-14,16-17H,15H2,1-6H3,(H,24,25). The van der Waals surface area contributed by atoms with E-state index in [0.717, 1.165) is 0 Å². The molecule has 0 spiro atoms. The molecular weight excluding hydrogens is 338 g/mol. The Balaban J connectivity index is 2.00. The Hall–Kier alpha value is -2.49. The second-order valence-corrected chi connectivity index (χ2v) is 8.22. The molecule has 146 valence electrons. The molecule has 0 aliphatic heterocycles. The van der Waals surface area contributed by atoms with Gasteiger partial charge < -0.3 is 14.8 Å². The molecule has 4 heteroatoms. The topological polar surface area (TPSA) is 47.6 Å². The van der Waals surface area contributed by atoms with Gasteiger partial charge in [-0.3, -0.25) is 4.79 Å². The van der Waals surface area contributed by atoms with Gasteiger partial charge in [-0.1, -0.05) is 58.9 Å². The summed E-state index contributed by atoms with van der Waals surface area (Å²) in [5.41, 5.74) is 1.96. The molecule has 27 heavy (non-hydrogen) atoms. The fraction of sp³-hybridized carbons (Fsp3) is 0.435. The summed E-state index contributed by atoms with van der Waals surface area (Å²) < 4.78 is 11.6. The summed E-state index contributed by atoms with van der Waals surface area (Å²) in [6, 6.07) is 15.3. The van der Waals surface area contributed by atoms with Crippen LogP contribution in [-0.4, -0.2) is 18.6 Å². The second kappa shape index (κ2) is 8.94. The van der Waals surface area contributed by atoms with Crippen LogP contribution < -0.4 is 14.8 Å². The lowest BCUT2D eigenvalue weighted by Gasteiger charge is -2.20. The van der Waals surface area contributed by atoms with Gasteiger partial charge in [-0.05, 0) is 48.1 Å². The first-order valence-electron chi connectivity index (χ1n) is 9.46. The van der Waals surface area contributed by atoms with Crippen LogP contribution in [0.4, 0.5) is 5.69 Å². The molecule has 0 aliphatic rings. The van der Waals surface area contributed by atoms with E-state index in [-0.39, 0.29) is 11.3 Å². The van der Waals surface area contributed by atoms with Gasteiger partial charge in [-0.25, -0.2) is 0 Å². The number of hydrogen-bond donors (Lipinski definition) is 1. The summed E-state index contributed by atoms with van der Waals surface area (Å²) in [5.74, 6) is 1.54. The Morgan fingerprint density at radius 3 is 2.22 bits per heavy atom. The zero-order valence-corrected chi connectivity index (χ0v) is 17.2. The number of ether oxygens (including phenoxy) is 2. The van der Waals surface area contributed by atoms with Crippen LogP contribution in [0.1, 0.15) is 47.1 Å². The van der Waals surface area contributed by atoms with Gasteiger partial charge in [-0.2, -0.15) is 0 Å². The molecule has 0 aliphatic carbocycles. The molecule has 2 aromatic rings. The van der Waals surface area contributed by atoms with E-state index in [4.69, 9.17) is 9.47 Å². The van der Waals surface area contributed by atoms with E-state index in [9.17, 15) is 4.79 Å². The zero-order valence-electron chi connectivity index (χ0n) is 17.2. The number of rotatable bonds is 7. The van der Waals surface area contributed by atoms with Gasteiger partial charge in [0.25, 0.3) is 5.91 Å². The summed E-state index contributed by atoms with van der Waals surface area (Å²) in [6.07, 6.45) is -0.622. The average Bonchev–Trinajstić information content (AvgIpc) is 2.60. The third-order valence-corrected chi connectivity index (χ3v) is 4.12. The van der Waals surface area contributed by atoms with E-state index in [1.807, 2.05) is 48.5 Å². The molecule has 1 atom stereocenters. The first-order chi connectivity index (χ1) is 12.7. The van der Waals surface area contributed by atoms with Crippen LogP contribution in [0.25, 0.3) is 0 Å². The van der Waals surface area contributed by atoms with Gasteiger partial charge in [0.2, 0.25) is 0 Å². The van der Waals surface area contributed by atoms with Crippen molar-refractivity contribution >= 4 is 11.6 Å². The molecule has 0 aromatic heterocycles. The van der Waals surface area contributed by atoms with E-state index in [1.165, 1.54) is 5.56 Å². The van der Waals surface area contributed by atoms with Crippen molar-refractivity contribution in [3.8, 4) is 11.5 Å². The van der Waals surface area contributed by atoms with Crippen molar-refractivity contribution in [2.45, 2.75) is 53.1 Å². The zero-order chi connectivity index (χ0) is 20.0. The van der Waals surface area contributed by atoms with Crippen LogP contribution in [0.5, 0.6) is 11.5 Å². The maximum absolute atomic E-state index is 12.5. The lowest BCUT2D eigenvalue weighted by Crippen LogP contribution is -2.30. The monoisotopic (exact) mass is 369 g/mol. The fourth-order valence-electron chi connectivity index (χ4n) is 2.48. The van der Waals surface area contributed by atoms with Gasteiger partial charge in [0.05, 0.1) is 12.3 Å². The SMILES string of the molecule is CC(C)COc1ccccc1NC(=O)C(C)Oc1ccc(C(C)(C)C)cc1. The van der Waals surface area contributed by atoms with Crippen LogP contribution in [0.15, 0.2) is 48.5 Å². The number of nitrogens with one attached hydrogen (secondary N) is 1. The summed E-state index contributed by atoms with van der Waals surface area (Å²) in [4.78, 5) is 12.5. The quantitative estimate of drug-likeness (QED) is 0.708. The summed E-state index contributed by atoms with van der Waals surface area (Å²) >= 11 is 0. The number of amides is 1. The minimum absolute atomic E-state index is 0.0845. The van der Waals surface area contributed by atoms with E-state index in [1.54, 1.807) is 6.92 Å². The number of benzene rings is 2. The predicted octanol–water partition coefficient (Wildman–Crippen LogP) is 5.42. The third-order valence-electron chi connectivity index (χ3n) is 4.12. The van der Waals surface area contributed by atoms with Gasteiger partial charge >= 0.3 is 0 Å². The van der Waals surface area contributed by atoms with Crippen molar-refractivity contribution in [2.75, 3.05) is 11.9 Å². The molecule has 2 rings (SSSR count). The highest BCUT2D eigenvalue weighted by molar-refractivity contribution is 5.95. The number of para-hydroxylation sites is 2. The molecule has 0 saturated heterocycles. The molecule has 0 radical (unpaired) electrons. The minimum Gasteiger partial charge on any atom is -0.491 e. The predicted molar refractivity (Wildman–Crippen MR) is 111 cm³/mol.